The fourth-order valence-corrected chi connectivity index (χ4v) is 1.86. The van der Waals surface area contributed by atoms with Gasteiger partial charge in [0.15, 0.2) is 11.4 Å². The van der Waals surface area contributed by atoms with E-state index in [0.29, 0.717) is 10.7 Å². The highest BCUT2D eigenvalue weighted by molar-refractivity contribution is 6.36. The van der Waals surface area contributed by atoms with Gasteiger partial charge >= 0.3 is 5.97 Å². The van der Waals surface area contributed by atoms with E-state index in [1.165, 1.54) is 12.1 Å². The normalized spacial score (nSPS) is 10.2. The first-order chi connectivity index (χ1) is 8.99. The molecule has 0 saturated carbocycles. The summed E-state index contributed by atoms with van der Waals surface area (Å²) in [6.45, 7) is 0. The lowest BCUT2D eigenvalue weighted by atomic mass is 10.2. The third-order valence-electron chi connectivity index (χ3n) is 2.25. The Morgan fingerprint density at radius 2 is 2.05 bits per heavy atom. The summed E-state index contributed by atoms with van der Waals surface area (Å²) in [5, 5.41) is 12.0. The van der Waals surface area contributed by atoms with Crippen LogP contribution in [0.3, 0.4) is 0 Å². The Kier molecular flexibility index (Phi) is 3.73. The maximum atomic E-state index is 11.9. The van der Waals surface area contributed by atoms with E-state index in [0.717, 1.165) is 6.33 Å². The summed E-state index contributed by atoms with van der Waals surface area (Å²) in [5.41, 5.74) is -0.198. The van der Waals surface area contributed by atoms with E-state index >= 15 is 0 Å². The van der Waals surface area contributed by atoms with Gasteiger partial charge in [0.2, 0.25) is 0 Å². The molecule has 1 aromatic heterocycles. The summed E-state index contributed by atoms with van der Waals surface area (Å²) in [6, 6.07) is 4.52. The monoisotopic (exact) mass is 299 g/mol. The minimum atomic E-state index is -1.27. The van der Waals surface area contributed by atoms with Gasteiger partial charge in [-0.25, -0.2) is 9.78 Å². The van der Waals surface area contributed by atoms with Crippen LogP contribution in [-0.4, -0.2) is 27.0 Å². The van der Waals surface area contributed by atoms with Crippen molar-refractivity contribution < 1.29 is 14.7 Å². The van der Waals surface area contributed by atoms with E-state index in [4.69, 9.17) is 28.3 Å². The number of benzene rings is 1. The zero-order chi connectivity index (χ0) is 14.0. The molecule has 2 rings (SSSR count). The first-order valence-corrected chi connectivity index (χ1v) is 5.77. The van der Waals surface area contributed by atoms with Crippen LogP contribution in [0.25, 0.3) is 0 Å². The fourth-order valence-electron chi connectivity index (χ4n) is 1.40. The van der Waals surface area contributed by atoms with Gasteiger partial charge in [-0.2, -0.15) is 0 Å². The van der Waals surface area contributed by atoms with Gasteiger partial charge in [0.1, 0.15) is 0 Å². The van der Waals surface area contributed by atoms with Crippen LogP contribution in [0, 0.1) is 0 Å². The lowest BCUT2D eigenvalue weighted by Crippen LogP contribution is -2.16. The summed E-state index contributed by atoms with van der Waals surface area (Å²) in [5.74, 6) is -1.95. The number of imidazole rings is 1. The Hall–Kier alpha value is -2.05. The minimum absolute atomic E-state index is 0.224. The number of hydrogen-bond donors (Lipinski definition) is 3. The lowest BCUT2D eigenvalue weighted by molar-refractivity contribution is 0.0686. The molecule has 8 heteroatoms. The van der Waals surface area contributed by atoms with Crippen LogP contribution in [-0.2, 0) is 0 Å². The van der Waals surface area contributed by atoms with Crippen molar-refractivity contribution >= 4 is 40.8 Å². The molecule has 1 heterocycles. The smallest absolute Gasteiger partial charge is 0.354 e. The molecule has 0 saturated heterocycles. The lowest BCUT2D eigenvalue weighted by Gasteiger charge is -2.06. The van der Waals surface area contributed by atoms with Gasteiger partial charge in [-0.05, 0) is 18.2 Å². The number of carboxylic acid groups (broad SMARTS) is 1. The van der Waals surface area contributed by atoms with Crippen molar-refractivity contribution in [2.45, 2.75) is 0 Å². The number of halogens is 2. The number of carbonyl (C=O) groups excluding carboxylic acids is 1. The first-order valence-electron chi connectivity index (χ1n) is 5.02. The molecule has 2 aromatic rings. The number of amides is 1. The van der Waals surface area contributed by atoms with Gasteiger partial charge in [0, 0.05) is 5.02 Å². The molecule has 0 spiro atoms. The number of aromatic nitrogens is 2. The van der Waals surface area contributed by atoms with Crippen molar-refractivity contribution in [2.24, 2.45) is 0 Å². The fraction of sp³-hybridized carbons (Fsp3) is 0. The standard InChI is InChI=1S/C11H7Cl2N3O3/c12-5-1-2-7(6(13)3-5)16-10(17)8-9(11(18)19)15-4-14-8/h1-4H,(H,14,15)(H,16,17)(H,18,19). The maximum absolute atomic E-state index is 11.9. The molecule has 6 nitrogen and oxygen atoms in total. The molecular formula is C11H7Cl2N3O3. The Bertz CT molecular complexity index is 654. The highest BCUT2D eigenvalue weighted by Crippen LogP contribution is 2.25. The number of aromatic carboxylic acids is 1. The van der Waals surface area contributed by atoms with Gasteiger partial charge in [0.05, 0.1) is 17.0 Å². The summed E-state index contributed by atoms with van der Waals surface area (Å²) < 4.78 is 0. The third-order valence-corrected chi connectivity index (χ3v) is 2.80. The van der Waals surface area contributed by atoms with E-state index in [2.05, 4.69) is 15.3 Å². The van der Waals surface area contributed by atoms with Crippen LogP contribution < -0.4 is 5.32 Å². The van der Waals surface area contributed by atoms with Crippen LogP contribution in [0.2, 0.25) is 10.0 Å². The van der Waals surface area contributed by atoms with Crippen LogP contribution in [0.1, 0.15) is 21.0 Å². The van der Waals surface area contributed by atoms with Crippen LogP contribution in [0.4, 0.5) is 5.69 Å². The molecule has 0 aliphatic rings. The molecule has 0 aliphatic carbocycles. The van der Waals surface area contributed by atoms with Gasteiger partial charge in [-0.1, -0.05) is 23.2 Å². The number of rotatable bonds is 3. The summed E-state index contributed by atoms with van der Waals surface area (Å²) in [4.78, 5) is 28.8. The van der Waals surface area contributed by atoms with E-state index in [9.17, 15) is 9.59 Å². The Labute approximate surface area is 117 Å². The SMILES string of the molecule is O=C(Nc1ccc(Cl)cc1Cl)c1nc[nH]c1C(=O)O. The van der Waals surface area contributed by atoms with Crippen molar-refractivity contribution in [1.29, 1.82) is 0 Å². The molecule has 3 N–H and O–H groups in total. The van der Waals surface area contributed by atoms with Gasteiger partial charge in [-0.3, -0.25) is 4.79 Å². The van der Waals surface area contributed by atoms with E-state index in [1.54, 1.807) is 6.07 Å². The van der Waals surface area contributed by atoms with Gasteiger partial charge in [-0.15, -0.1) is 0 Å². The van der Waals surface area contributed by atoms with Crippen LogP contribution >= 0.6 is 23.2 Å². The Morgan fingerprint density at radius 3 is 2.68 bits per heavy atom. The highest BCUT2D eigenvalue weighted by atomic mass is 35.5. The molecule has 0 aliphatic heterocycles. The van der Waals surface area contributed by atoms with Crippen LogP contribution in [0.5, 0.6) is 0 Å². The zero-order valence-electron chi connectivity index (χ0n) is 9.28. The molecule has 1 amide bonds. The molecular weight excluding hydrogens is 293 g/mol. The van der Waals surface area contributed by atoms with E-state index in [1.807, 2.05) is 0 Å². The minimum Gasteiger partial charge on any atom is -0.477 e. The number of nitrogens with one attached hydrogen (secondary N) is 2. The van der Waals surface area contributed by atoms with E-state index < -0.39 is 11.9 Å². The quantitative estimate of drug-likeness (QED) is 0.812. The van der Waals surface area contributed by atoms with Crippen molar-refractivity contribution in [3.63, 3.8) is 0 Å². The van der Waals surface area contributed by atoms with Crippen LogP contribution in [0.15, 0.2) is 24.5 Å². The molecule has 0 unspecified atom stereocenters. The Balaban J connectivity index is 2.26. The van der Waals surface area contributed by atoms with E-state index in [-0.39, 0.29) is 16.4 Å². The summed E-state index contributed by atoms with van der Waals surface area (Å²) >= 11 is 11.6. The average Bonchev–Trinajstić information content (AvgIpc) is 2.82. The average molecular weight is 300 g/mol. The largest absolute Gasteiger partial charge is 0.477 e. The predicted octanol–water partition coefficient (Wildman–Crippen LogP) is 2.67. The molecule has 0 bridgehead atoms. The zero-order valence-corrected chi connectivity index (χ0v) is 10.8. The number of hydrogen-bond acceptors (Lipinski definition) is 3. The summed E-state index contributed by atoms with van der Waals surface area (Å²) in [6.07, 6.45) is 1.13. The number of H-pyrrole nitrogens is 1. The Morgan fingerprint density at radius 1 is 1.32 bits per heavy atom. The second-order valence-corrected chi connectivity index (χ2v) is 4.35. The molecule has 1 aromatic carbocycles. The number of carbonyl (C=O) groups is 2. The maximum Gasteiger partial charge on any atom is 0.354 e. The number of nitrogens with zero attached hydrogens (tertiary/aromatic N) is 1. The number of anilines is 1. The first kappa shape index (κ1) is 13.4. The van der Waals surface area contributed by atoms with Crippen molar-refractivity contribution in [1.82, 2.24) is 9.97 Å². The predicted molar refractivity (Wildman–Crippen MR) is 70.0 cm³/mol. The summed E-state index contributed by atoms with van der Waals surface area (Å²) in [7, 11) is 0. The second kappa shape index (κ2) is 5.29. The number of aromatic amines is 1. The van der Waals surface area contributed by atoms with Gasteiger partial charge < -0.3 is 15.4 Å². The molecule has 0 atom stereocenters. The molecule has 0 fully saturated rings. The van der Waals surface area contributed by atoms with Crippen molar-refractivity contribution in [3.8, 4) is 0 Å². The molecule has 19 heavy (non-hydrogen) atoms. The highest BCUT2D eigenvalue weighted by Gasteiger charge is 2.20. The van der Waals surface area contributed by atoms with Crippen molar-refractivity contribution in [3.05, 3.63) is 46.0 Å². The molecule has 98 valence electrons. The van der Waals surface area contributed by atoms with Crippen molar-refractivity contribution in [2.75, 3.05) is 5.32 Å². The third kappa shape index (κ3) is 2.86. The molecule has 0 radical (unpaired) electrons. The second-order valence-electron chi connectivity index (χ2n) is 3.51. The van der Waals surface area contributed by atoms with Gasteiger partial charge in [0.25, 0.3) is 5.91 Å². The number of carboxylic acids is 1. The topological polar surface area (TPSA) is 95.1 Å².